The molecule has 1 aliphatic heterocycles. The van der Waals surface area contributed by atoms with Gasteiger partial charge in [0.25, 0.3) is 5.91 Å². The van der Waals surface area contributed by atoms with Crippen LogP contribution in [0.25, 0.3) is 0 Å². The van der Waals surface area contributed by atoms with Crippen LogP contribution in [-0.2, 0) is 9.84 Å². The van der Waals surface area contributed by atoms with Crippen molar-refractivity contribution in [1.82, 2.24) is 10.3 Å². The van der Waals surface area contributed by atoms with Gasteiger partial charge in [0, 0.05) is 12.6 Å². The first-order valence-electron chi connectivity index (χ1n) is 6.42. The fraction of sp³-hybridized carbons (Fsp3) is 0.636. The Labute approximate surface area is 121 Å². The van der Waals surface area contributed by atoms with Crippen molar-refractivity contribution in [2.75, 3.05) is 29.1 Å². The molecule has 0 radical (unpaired) electrons. The van der Waals surface area contributed by atoms with E-state index in [-0.39, 0.29) is 29.3 Å². The van der Waals surface area contributed by atoms with Crippen molar-refractivity contribution in [3.8, 4) is 0 Å². The molecule has 1 saturated heterocycles. The molecular weight excluding hydrogens is 300 g/mol. The summed E-state index contributed by atoms with van der Waals surface area (Å²) in [5.41, 5.74) is 5.72. The van der Waals surface area contributed by atoms with Crippen LogP contribution < -0.4 is 16.4 Å². The van der Waals surface area contributed by atoms with E-state index in [1.807, 2.05) is 6.92 Å². The minimum absolute atomic E-state index is 0.00160. The number of anilines is 2. The molecule has 0 spiro atoms. The summed E-state index contributed by atoms with van der Waals surface area (Å²) < 4.78 is 22.7. The van der Waals surface area contributed by atoms with Gasteiger partial charge in [-0.15, -0.1) is 0 Å². The highest BCUT2D eigenvalue weighted by molar-refractivity contribution is 7.91. The second-order valence-electron chi connectivity index (χ2n) is 4.73. The number of sulfone groups is 1. The largest absolute Gasteiger partial charge is 0.382 e. The van der Waals surface area contributed by atoms with Crippen LogP contribution in [0, 0.1) is 0 Å². The highest BCUT2D eigenvalue weighted by Crippen LogP contribution is 2.25. The maximum Gasteiger partial charge on any atom is 0.265 e. The molecule has 1 aliphatic rings. The molecule has 2 heterocycles. The topological polar surface area (TPSA) is 114 Å². The molecule has 0 saturated carbocycles. The third-order valence-corrected chi connectivity index (χ3v) is 5.75. The predicted octanol–water partition coefficient (Wildman–Crippen LogP) is 0.464. The zero-order valence-corrected chi connectivity index (χ0v) is 12.8. The van der Waals surface area contributed by atoms with Crippen LogP contribution >= 0.6 is 11.3 Å². The van der Waals surface area contributed by atoms with Gasteiger partial charge in [-0.2, -0.15) is 0 Å². The maximum absolute atomic E-state index is 12.1. The van der Waals surface area contributed by atoms with Crippen LogP contribution in [0.1, 0.15) is 29.4 Å². The number of amides is 1. The Kier molecular flexibility index (Phi) is 4.48. The summed E-state index contributed by atoms with van der Waals surface area (Å²) in [5, 5.41) is 6.38. The molecule has 112 valence electrons. The second kappa shape index (κ2) is 5.96. The fourth-order valence-corrected chi connectivity index (χ4v) is 4.45. The molecule has 0 aromatic carbocycles. The van der Waals surface area contributed by atoms with Gasteiger partial charge in [-0.3, -0.25) is 4.79 Å². The van der Waals surface area contributed by atoms with E-state index in [1.54, 1.807) is 0 Å². The fourth-order valence-electron chi connectivity index (χ4n) is 1.96. The first-order chi connectivity index (χ1) is 9.41. The van der Waals surface area contributed by atoms with Crippen molar-refractivity contribution >= 4 is 38.0 Å². The maximum atomic E-state index is 12.1. The van der Waals surface area contributed by atoms with Gasteiger partial charge >= 0.3 is 0 Å². The van der Waals surface area contributed by atoms with Crippen LogP contribution in [0.5, 0.6) is 0 Å². The standard InChI is InChI=1S/C11H18N4O3S2/c1-2-4-13-11-15-9(12)8(19-11)10(16)14-7-3-5-20(17,18)6-7/h7H,2-6,12H2,1H3,(H,13,15)(H,14,16). The van der Waals surface area contributed by atoms with Gasteiger partial charge in [-0.05, 0) is 12.8 Å². The van der Waals surface area contributed by atoms with Gasteiger partial charge in [0.05, 0.1) is 11.5 Å². The van der Waals surface area contributed by atoms with Crippen LogP contribution in [0.2, 0.25) is 0 Å². The molecule has 1 unspecified atom stereocenters. The van der Waals surface area contributed by atoms with Gasteiger partial charge in [-0.25, -0.2) is 13.4 Å². The number of rotatable bonds is 5. The molecule has 20 heavy (non-hydrogen) atoms. The molecule has 2 rings (SSSR count). The van der Waals surface area contributed by atoms with Crippen molar-refractivity contribution in [2.45, 2.75) is 25.8 Å². The lowest BCUT2D eigenvalue weighted by Crippen LogP contribution is -2.35. The van der Waals surface area contributed by atoms with E-state index in [0.29, 0.717) is 16.4 Å². The van der Waals surface area contributed by atoms with E-state index in [1.165, 1.54) is 11.3 Å². The van der Waals surface area contributed by atoms with Gasteiger partial charge in [0.15, 0.2) is 15.0 Å². The number of nitrogens with zero attached hydrogens (tertiary/aromatic N) is 1. The number of thiazole rings is 1. The number of nitrogen functional groups attached to an aromatic ring is 1. The first kappa shape index (κ1) is 15.0. The van der Waals surface area contributed by atoms with Gasteiger partial charge in [-0.1, -0.05) is 18.3 Å². The van der Waals surface area contributed by atoms with E-state index in [0.717, 1.165) is 13.0 Å². The number of nitrogens with two attached hydrogens (primary N) is 1. The van der Waals surface area contributed by atoms with Gasteiger partial charge < -0.3 is 16.4 Å². The number of aromatic nitrogens is 1. The average molecular weight is 318 g/mol. The Morgan fingerprint density at radius 2 is 2.30 bits per heavy atom. The number of hydrogen-bond acceptors (Lipinski definition) is 7. The molecule has 1 atom stereocenters. The van der Waals surface area contributed by atoms with Crippen LogP contribution in [0.15, 0.2) is 0 Å². The van der Waals surface area contributed by atoms with Crippen LogP contribution in [0.3, 0.4) is 0 Å². The summed E-state index contributed by atoms with van der Waals surface area (Å²) >= 11 is 1.18. The minimum atomic E-state index is -3.01. The minimum Gasteiger partial charge on any atom is -0.382 e. The Morgan fingerprint density at radius 1 is 1.55 bits per heavy atom. The van der Waals surface area contributed by atoms with Crippen molar-refractivity contribution in [1.29, 1.82) is 0 Å². The van der Waals surface area contributed by atoms with Gasteiger partial charge in [0.2, 0.25) is 0 Å². The highest BCUT2D eigenvalue weighted by atomic mass is 32.2. The van der Waals surface area contributed by atoms with Crippen LogP contribution in [0.4, 0.5) is 10.9 Å². The lowest BCUT2D eigenvalue weighted by Gasteiger charge is -2.09. The zero-order valence-electron chi connectivity index (χ0n) is 11.2. The third-order valence-electron chi connectivity index (χ3n) is 2.95. The average Bonchev–Trinajstić information content (AvgIpc) is 2.89. The second-order valence-corrected chi connectivity index (χ2v) is 7.96. The van der Waals surface area contributed by atoms with Gasteiger partial charge in [0.1, 0.15) is 10.7 Å². The molecule has 7 nitrogen and oxygen atoms in total. The van der Waals surface area contributed by atoms with E-state index < -0.39 is 9.84 Å². The molecule has 1 aromatic heterocycles. The monoisotopic (exact) mass is 318 g/mol. The Morgan fingerprint density at radius 3 is 2.90 bits per heavy atom. The third kappa shape index (κ3) is 3.60. The SMILES string of the molecule is CCCNc1nc(N)c(C(=O)NC2CCS(=O)(=O)C2)s1. The molecule has 9 heteroatoms. The van der Waals surface area contributed by atoms with E-state index >= 15 is 0 Å². The lowest BCUT2D eigenvalue weighted by atomic mass is 10.2. The molecule has 4 N–H and O–H groups in total. The summed E-state index contributed by atoms with van der Waals surface area (Å²) in [6.07, 6.45) is 1.40. The highest BCUT2D eigenvalue weighted by Gasteiger charge is 2.30. The molecule has 1 fully saturated rings. The molecule has 1 aromatic rings. The van der Waals surface area contributed by atoms with E-state index in [4.69, 9.17) is 5.73 Å². The summed E-state index contributed by atoms with van der Waals surface area (Å²) in [5.74, 6) is -0.0590. The smallest absolute Gasteiger partial charge is 0.265 e. The summed E-state index contributed by atoms with van der Waals surface area (Å²) in [6, 6.07) is -0.332. The van der Waals surface area contributed by atoms with E-state index in [2.05, 4.69) is 15.6 Å². The molecule has 1 amide bonds. The predicted molar refractivity (Wildman–Crippen MR) is 79.8 cm³/mol. The number of hydrogen-bond donors (Lipinski definition) is 3. The summed E-state index contributed by atoms with van der Waals surface area (Å²) in [7, 11) is -3.01. The van der Waals surface area contributed by atoms with E-state index in [9.17, 15) is 13.2 Å². The number of nitrogens with one attached hydrogen (secondary N) is 2. The summed E-state index contributed by atoms with van der Waals surface area (Å²) in [4.78, 5) is 16.5. The number of carbonyl (C=O) groups is 1. The van der Waals surface area contributed by atoms with Crippen LogP contribution in [-0.4, -0.2) is 43.4 Å². The summed E-state index contributed by atoms with van der Waals surface area (Å²) in [6.45, 7) is 2.78. The lowest BCUT2D eigenvalue weighted by molar-refractivity contribution is 0.0946. The Bertz CT molecular complexity index is 597. The van der Waals surface area contributed by atoms with Crippen molar-refractivity contribution in [2.24, 2.45) is 0 Å². The van der Waals surface area contributed by atoms with Crippen molar-refractivity contribution < 1.29 is 13.2 Å². The molecule has 0 bridgehead atoms. The normalized spacial score (nSPS) is 20.8. The number of carbonyl (C=O) groups excluding carboxylic acids is 1. The quantitative estimate of drug-likeness (QED) is 0.727. The van der Waals surface area contributed by atoms with Crippen molar-refractivity contribution in [3.63, 3.8) is 0 Å². The molecule has 0 aliphatic carbocycles. The van der Waals surface area contributed by atoms with Crippen molar-refractivity contribution in [3.05, 3.63) is 4.88 Å². The Hall–Kier alpha value is -1.35. The Balaban J connectivity index is 2.00. The first-order valence-corrected chi connectivity index (χ1v) is 9.06. The molecular formula is C11H18N4O3S2. The zero-order chi connectivity index (χ0) is 14.8.